The lowest BCUT2D eigenvalue weighted by Gasteiger charge is -2.16. The van der Waals surface area contributed by atoms with Crippen molar-refractivity contribution in [3.05, 3.63) is 67.3 Å². The van der Waals surface area contributed by atoms with E-state index in [1.54, 1.807) is 0 Å². The van der Waals surface area contributed by atoms with Crippen LogP contribution in [-0.2, 0) is 5.60 Å². The Labute approximate surface area is 113 Å². The smallest absolute Gasteiger partial charge is 0.357 e. The lowest BCUT2D eigenvalue weighted by atomic mass is 9.99. The minimum Gasteiger partial charge on any atom is -0.386 e. The van der Waals surface area contributed by atoms with Gasteiger partial charge >= 0.3 is 21.2 Å². The van der Waals surface area contributed by atoms with Gasteiger partial charge in [0.1, 0.15) is 0 Å². The first kappa shape index (κ1) is 12.6. The molecule has 0 aliphatic carbocycles. The van der Waals surface area contributed by atoms with Gasteiger partial charge in [0.25, 0.3) is 0 Å². The SMILES string of the molecule is CC(C)(O)c1ccc([I+]c2ccccc2)cc1. The Kier molecular flexibility index (Phi) is 3.84. The van der Waals surface area contributed by atoms with E-state index in [1.807, 2.05) is 32.0 Å². The van der Waals surface area contributed by atoms with Crippen LogP contribution in [0.5, 0.6) is 0 Å². The molecule has 0 heterocycles. The average molecular weight is 339 g/mol. The standard InChI is InChI=1S/C15H16IO/c1-15(2,17)12-8-10-14(11-9-12)16-13-6-4-3-5-7-13/h3-11,17H,1-2H3/q+1. The van der Waals surface area contributed by atoms with Crippen LogP contribution in [0.15, 0.2) is 54.6 Å². The van der Waals surface area contributed by atoms with Crippen molar-refractivity contribution >= 4 is 0 Å². The molecule has 17 heavy (non-hydrogen) atoms. The molecule has 88 valence electrons. The number of rotatable bonds is 3. The van der Waals surface area contributed by atoms with Crippen LogP contribution in [0.2, 0.25) is 0 Å². The Morgan fingerprint density at radius 1 is 0.824 bits per heavy atom. The molecule has 0 spiro atoms. The third-order valence-electron chi connectivity index (χ3n) is 2.50. The third-order valence-corrected chi connectivity index (χ3v) is 5.19. The van der Waals surface area contributed by atoms with Gasteiger partial charge in [-0.25, -0.2) is 0 Å². The van der Waals surface area contributed by atoms with E-state index in [0.717, 1.165) is 5.56 Å². The second-order valence-corrected chi connectivity index (χ2v) is 7.49. The summed E-state index contributed by atoms with van der Waals surface area (Å²) in [7, 11) is 0. The highest BCUT2D eigenvalue weighted by Gasteiger charge is 2.19. The van der Waals surface area contributed by atoms with Crippen LogP contribution in [0.4, 0.5) is 0 Å². The molecule has 2 aromatic carbocycles. The first-order chi connectivity index (χ1) is 8.05. The van der Waals surface area contributed by atoms with Gasteiger partial charge in [-0.1, -0.05) is 30.3 Å². The van der Waals surface area contributed by atoms with Gasteiger partial charge in [-0.05, 0) is 43.7 Å². The quantitative estimate of drug-likeness (QED) is 0.784. The minimum atomic E-state index is -0.746. The first-order valence-electron chi connectivity index (χ1n) is 5.58. The van der Waals surface area contributed by atoms with Gasteiger partial charge in [0.15, 0.2) is 7.14 Å². The molecule has 0 radical (unpaired) electrons. The third kappa shape index (κ3) is 3.54. The largest absolute Gasteiger partial charge is 0.386 e. The predicted molar refractivity (Wildman–Crippen MR) is 65.5 cm³/mol. The summed E-state index contributed by atoms with van der Waals surface area (Å²) in [6, 6.07) is 18.9. The fraction of sp³-hybridized carbons (Fsp3) is 0.200. The second kappa shape index (κ2) is 5.19. The molecule has 2 aromatic rings. The molecule has 0 fully saturated rings. The molecule has 0 aliphatic rings. The van der Waals surface area contributed by atoms with E-state index < -0.39 is 5.60 Å². The van der Waals surface area contributed by atoms with Gasteiger partial charge in [0.05, 0.1) is 5.60 Å². The minimum absolute atomic E-state index is 0.102. The van der Waals surface area contributed by atoms with Crippen LogP contribution < -0.4 is 21.2 Å². The fourth-order valence-electron chi connectivity index (χ4n) is 1.52. The van der Waals surface area contributed by atoms with Crippen molar-refractivity contribution in [2.24, 2.45) is 0 Å². The molecule has 0 aliphatic heterocycles. The molecule has 2 rings (SSSR count). The molecular weight excluding hydrogens is 323 g/mol. The van der Waals surface area contributed by atoms with E-state index in [1.165, 1.54) is 7.14 Å². The van der Waals surface area contributed by atoms with Gasteiger partial charge in [0.2, 0.25) is 0 Å². The predicted octanol–water partition coefficient (Wildman–Crippen LogP) is 0.0424. The maximum atomic E-state index is 9.88. The number of benzene rings is 2. The second-order valence-electron chi connectivity index (χ2n) is 4.46. The van der Waals surface area contributed by atoms with E-state index in [9.17, 15) is 5.11 Å². The van der Waals surface area contributed by atoms with Crippen molar-refractivity contribution in [3.63, 3.8) is 0 Å². The Morgan fingerprint density at radius 2 is 1.35 bits per heavy atom. The lowest BCUT2D eigenvalue weighted by Crippen LogP contribution is -3.61. The summed E-state index contributed by atoms with van der Waals surface area (Å²) < 4.78 is 2.80. The van der Waals surface area contributed by atoms with Crippen LogP contribution in [0.3, 0.4) is 0 Å². The lowest BCUT2D eigenvalue weighted by molar-refractivity contribution is -0.597. The zero-order valence-electron chi connectivity index (χ0n) is 10.0. The molecule has 0 aromatic heterocycles. The Bertz CT molecular complexity index is 469. The Hall–Kier alpha value is -0.870. The van der Waals surface area contributed by atoms with E-state index in [-0.39, 0.29) is 21.2 Å². The molecule has 0 bridgehead atoms. The van der Waals surface area contributed by atoms with E-state index >= 15 is 0 Å². The summed E-state index contributed by atoms with van der Waals surface area (Å²) in [6.07, 6.45) is 0. The normalized spacial score (nSPS) is 11.5. The van der Waals surface area contributed by atoms with Gasteiger partial charge in [-0.2, -0.15) is 0 Å². The Balaban J connectivity index is 2.14. The zero-order valence-corrected chi connectivity index (χ0v) is 12.2. The zero-order chi connectivity index (χ0) is 12.3. The Morgan fingerprint density at radius 3 is 1.88 bits per heavy atom. The first-order valence-corrected chi connectivity index (χ1v) is 7.74. The molecule has 0 saturated carbocycles. The highest BCUT2D eigenvalue weighted by Crippen LogP contribution is 2.17. The van der Waals surface area contributed by atoms with Crippen molar-refractivity contribution in [3.8, 4) is 0 Å². The molecule has 0 saturated heterocycles. The molecule has 0 unspecified atom stereocenters. The van der Waals surface area contributed by atoms with Crippen molar-refractivity contribution < 1.29 is 26.3 Å². The molecule has 1 N–H and O–H groups in total. The van der Waals surface area contributed by atoms with Crippen molar-refractivity contribution in [1.29, 1.82) is 0 Å². The van der Waals surface area contributed by atoms with Crippen LogP contribution >= 0.6 is 0 Å². The molecule has 2 heteroatoms. The summed E-state index contributed by atoms with van der Waals surface area (Å²) in [5.41, 5.74) is 0.224. The van der Waals surface area contributed by atoms with Crippen molar-refractivity contribution in [1.82, 2.24) is 0 Å². The van der Waals surface area contributed by atoms with E-state index in [0.29, 0.717) is 0 Å². The summed E-state index contributed by atoms with van der Waals surface area (Å²) in [6.45, 7) is 3.63. The van der Waals surface area contributed by atoms with Crippen molar-refractivity contribution in [2.45, 2.75) is 19.4 Å². The van der Waals surface area contributed by atoms with Crippen LogP contribution in [0, 0.1) is 7.14 Å². The maximum Gasteiger partial charge on any atom is 0.357 e. The van der Waals surface area contributed by atoms with Gasteiger partial charge in [-0.3, -0.25) is 0 Å². The monoisotopic (exact) mass is 339 g/mol. The maximum absolute atomic E-state index is 9.88. The average Bonchev–Trinajstić information content (AvgIpc) is 2.30. The van der Waals surface area contributed by atoms with E-state index in [2.05, 4.69) is 36.4 Å². The number of hydrogen-bond acceptors (Lipinski definition) is 1. The summed E-state index contributed by atoms with van der Waals surface area (Å²) >= 11 is -0.102. The summed E-state index contributed by atoms with van der Waals surface area (Å²) in [5, 5.41) is 9.88. The highest BCUT2D eigenvalue weighted by molar-refractivity contribution is 5.20. The fourth-order valence-corrected chi connectivity index (χ4v) is 3.74. The van der Waals surface area contributed by atoms with Crippen LogP contribution in [0.1, 0.15) is 19.4 Å². The van der Waals surface area contributed by atoms with Gasteiger partial charge in [0, 0.05) is 0 Å². The van der Waals surface area contributed by atoms with Gasteiger partial charge in [-0.15, -0.1) is 0 Å². The molecule has 1 nitrogen and oxygen atoms in total. The summed E-state index contributed by atoms with van der Waals surface area (Å²) in [5.74, 6) is 0. The molecular formula is C15H16IO+. The van der Waals surface area contributed by atoms with Crippen LogP contribution in [0.25, 0.3) is 0 Å². The molecule has 0 amide bonds. The van der Waals surface area contributed by atoms with E-state index in [4.69, 9.17) is 0 Å². The highest BCUT2D eigenvalue weighted by atomic mass is 127. The number of aliphatic hydroxyl groups is 1. The van der Waals surface area contributed by atoms with Crippen LogP contribution in [-0.4, -0.2) is 5.11 Å². The topological polar surface area (TPSA) is 20.2 Å². The number of halogens is 1. The molecule has 0 atom stereocenters. The number of hydrogen-bond donors (Lipinski definition) is 1. The summed E-state index contributed by atoms with van der Waals surface area (Å²) in [4.78, 5) is 0. The van der Waals surface area contributed by atoms with Gasteiger partial charge < -0.3 is 5.11 Å². The van der Waals surface area contributed by atoms with Crippen molar-refractivity contribution in [2.75, 3.05) is 0 Å².